The van der Waals surface area contributed by atoms with Crippen molar-refractivity contribution in [1.82, 2.24) is 9.88 Å². The molecule has 1 unspecified atom stereocenters. The average Bonchev–Trinajstić information content (AvgIpc) is 3.11. The van der Waals surface area contributed by atoms with E-state index in [2.05, 4.69) is 10.3 Å². The molecule has 4 aliphatic rings. The predicted molar refractivity (Wildman–Crippen MR) is 144 cm³/mol. The van der Waals surface area contributed by atoms with E-state index < -0.39 is 21.6 Å². The minimum Gasteiger partial charge on any atom is -0.381 e. The number of aromatic nitrogens is 1. The van der Waals surface area contributed by atoms with Crippen molar-refractivity contribution in [3.8, 4) is 0 Å². The molecule has 2 aromatic rings. The molecule has 11 heteroatoms. The van der Waals surface area contributed by atoms with Gasteiger partial charge < -0.3 is 15.0 Å². The van der Waals surface area contributed by atoms with Gasteiger partial charge in [-0.25, -0.2) is 23.1 Å². The second kappa shape index (κ2) is 8.16. The van der Waals surface area contributed by atoms with E-state index >= 15 is 0 Å². The number of rotatable bonds is 6. The highest BCUT2D eigenvalue weighted by Crippen LogP contribution is 2.46. The van der Waals surface area contributed by atoms with Gasteiger partial charge in [-0.2, -0.15) is 0 Å². The van der Waals surface area contributed by atoms with Gasteiger partial charge in [0.2, 0.25) is 10.0 Å². The normalized spacial score (nSPS) is 27.1. The summed E-state index contributed by atoms with van der Waals surface area (Å²) in [6, 6.07) is 8.89. The van der Waals surface area contributed by atoms with Gasteiger partial charge in [0.15, 0.2) is 0 Å². The number of hydrogen-bond donors (Lipinski definition) is 1. The summed E-state index contributed by atoms with van der Waals surface area (Å²) in [6.07, 6.45) is 2.88. The molecular weight excluding hydrogens is 506 g/mol. The Labute approximate surface area is 223 Å². The molecule has 10 nitrogen and oxygen atoms in total. The van der Waals surface area contributed by atoms with Crippen molar-refractivity contribution in [2.45, 2.75) is 51.2 Å². The first-order valence-corrected chi connectivity index (χ1v) is 14.7. The lowest BCUT2D eigenvalue weighted by atomic mass is 9.87. The number of carbonyl (C=O) groups excluding carboxylic acids is 2. The van der Waals surface area contributed by atoms with Gasteiger partial charge in [0.05, 0.1) is 30.8 Å². The van der Waals surface area contributed by atoms with E-state index in [0.29, 0.717) is 35.8 Å². The largest absolute Gasteiger partial charge is 0.381 e. The molecule has 1 aromatic carbocycles. The highest BCUT2D eigenvalue weighted by molar-refractivity contribution is 7.92. The number of urea groups is 1. The molecule has 6 rings (SSSR count). The lowest BCUT2D eigenvalue weighted by Crippen LogP contribution is -2.43. The number of nitrogens with zero attached hydrogens (tertiary/aromatic N) is 4. The molecule has 3 atom stereocenters. The fourth-order valence-corrected chi connectivity index (χ4v) is 7.12. The van der Waals surface area contributed by atoms with Gasteiger partial charge in [0, 0.05) is 42.6 Å². The lowest BCUT2D eigenvalue weighted by molar-refractivity contribution is -0.123. The maximum atomic E-state index is 13.7. The van der Waals surface area contributed by atoms with E-state index in [1.54, 1.807) is 37.1 Å². The summed E-state index contributed by atoms with van der Waals surface area (Å²) in [4.78, 5) is 34.4. The summed E-state index contributed by atoms with van der Waals surface area (Å²) in [7, 11) is -3.53. The smallest absolute Gasteiger partial charge is 0.332 e. The van der Waals surface area contributed by atoms with E-state index in [4.69, 9.17) is 4.74 Å². The first-order chi connectivity index (χ1) is 17.8. The monoisotopic (exact) mass is 539 g/mol. The minimum atomic E-state index is -3.53. The fourth-order valence-electron chi connectivity index (χ4n) is 6.05. The van der Waals surface area contributed by atoms with E-state index in [1.165, 1.54) is 10.6 Å². The van der Waals surface area contributed by atoms with Crippen molar-refractivity contribution >= 4 is 39.2 Å². The highest BCUT2D eigenvalue weighted by atomic mass is 32.2. The van der Waals surface area contributed by atoms with E-state index in [1.807, 2.05) is 32.0 Å². The Morgan fingerprint density at radius 3 is 2.47 bits per heavy atom. The van der Waals surface area contributed by atoms with Crippen molar-refractivity contribution < 1.29 is 22.7 Å². The zero-order valence-corrected chi connectivity index (χ0v) is 23.1. The van der Waals surface area contributed by atoms with Crippen LogP contribution >= 0.6 is 0 Å². The SMILES string of the molecule is CC1(C)CN(S(C)(=O)=O)c2cc(N3C(=O)N(Cc4ccnc(NC5[C@H]6COC[C@@H]56)c4)C(C)(C)C3=O)ccc21. The Bertz CT molecular complexity index is 1450. The summed E-state index contributed by atoms with van der Waals surface area (Å²) >= 11 is 0. The Morgan fingerprint density at radius 2 is 1.79 bits per heavy atom. The standard InChI is InChI=1S/C27H33N5O5S/c1-26(2)15-31(38(5,35)36)21-11-17(6-7-20(21)26)32-24(33)27(3,4)30(25(32)34)12-16-8-9-28-22(10-16)29-23-18-13-37-14-19(18)23/h6-11,18-19,23H,12-15H2,1-5H3,(H,28,29)/t18-,19+,23?. The number of anilines is 3. The summed E-state index contributed by atoms with van der Waals surface area (Å²) in [5.41, 5.74) is 1.12. The van der Waals surface area contributed by atoms with Crippen LogP contribution in [0.2, 0.25) is 0 Å². The van der Waals surface area contributed by atoms with Crippen molar-refractivity contribution in [3.63, 3.8) is 0 Å². The molecule has 0 bridgehead atoms. The van der Waals surface area contributed by atoms with Gasteiger partial charge in [-0.05, 0) is 49.2 Å². The number of amides is 3. The van der Waals surface area contributed by atoms with Gasteiger partial charge in [-0.15, -0.1) is 0 Å². The molecule has 0 radical (unpaired) electrons. The quantitative estimate of drug-likeness (QED) is 0.562. The third kappa shape index (κ3) is 3.86. The number of nitrogens with one attached hydrogen (secondary N) is 1. The molecule has 4 heterocycles. The number of benzene rings is 1. The molecule has 38 heavy (non-hydrogen) atoms. The predicted octanol–water partition coefficient (Wildman–Crippen LogP) is 2.94. The van der Waals surface area contributed by atoms with E-state index in [-0.39, 0.29) is 17.9 Å². The average molecular weight is 540 g/mol. The first-order valence-electron chi connectivity index (χ1n) is 12.9. The Kier molecular flexibility index (Phi) is 5.39. The van der Waals surface area contributed by atoms with Crippen LogP contribution in [0.25, 0.3) is 0 Å². The summed E-state index contributed by atoms with van der Waals surface area (Å²) < 4.78 is 31.8. The highest BCUT2D eigenvalue weighted by Gasteiger charge is 2.54. The molecule has 3 fully saturated rings. The van der Waals surface area contributed by atoms with Gasteiger partial charge >= 0.3 is 6.03 Å². The summed E-state index contributed by atoms with van der Waals surface area (Å²) in [5.74, 6) is 1.45. The number of fused-ring (bicyclic) bond motifs is 2. The van der Waals surface area contributed by atoms with Crippen LogP contribution in [0.3, 0.4) is 0 Å². The van der Waals surface area contributed by atoms with Gasteiger partial charge in [-0.1, -0.05) is 19.9 Å². The van der Waals surface area contributed by atoms with Gasteiger partial charge in [0.25, 0.3) is 5.91 Å². The third-order valence-electron chi connectivity index (χ3n) is 8.43. The molecule has 3 amide bonds. The number of imide groups is 1. The number of hydrogen-bond acceptors (Lipinski definition) is 7. The summed E-state index contributed by atoms with van der Waals surface area (Å²) in [5, 5.41) is 3.48. The molecular formula is C27H33N5O5S. The zero-order chi connectivity index (χ0) is 27.2. The van der Waals surface area contributed by atoms with Crippen LogP contribution in [-0.4, -0.2) is 67.8 Å². The van der Waals surface area contributed by atoms with Crippen LogP contribution in [-0.2, 0) is 31.5 Å². The maximum absolute atomic E-state index is 13.7. The van der Waals surface area contributed by atoms with Crippen LogP contribution in [0.4, 0.5) is 22.0 Å². The molecule has 1 aromatic heterocycles. The van der Waals surface area contributed by atoms with Crippen LogP contribution in [0.15, 0.2) is 36.5 Å². The molecule has 202 valence electrons. The zero-order valence-electron chi connectivity index (χ0n) is 22.3. The number of sulfonamides is 1. The van der Waals surface area contributed by atoms with E-state index in [9.17, 15) is 18.0 Å². The topological polar surface area (TPSA) is 112 Å². The fraction of sp³-hybridized carbons (Fsp3) is 0.519. The van der Waals surface area contributed by atoms with Crippen LogP contribution < -0.4 is 14.5 Å². The third-order valence-corrected chi connectivity index (χ3v) is 9.56. The lowest BCUT2D eigenvalue weighted by Gasteiger charge is -2.27. The maximum Gasteiger partial charge on any atom is 0.332 e. The number of carbonyl (C=O) groups is 2. The number of pyridine rings is 1. The molecule has 1 saturated carbocycles. The summed E-state index contributed by atoms with van der Waals surface area (Å²) in [6.45, 7) is 9.52. The molecule has 0 spiro atoms. The number of ether oxygens (including phenoxy) is 1. The molecule has 1 N–H and O–H groups in total. The Hall–Kier alpha value is -3.18. The van der Waals surface area contributed by atoms with Crippen molar-refractivity contribution in [1.29, 1.82) is 0 Å². The second-order valence-electron chi connectivity index (χ2n) is 12.0. The van der Waals surface area contributed by atoms with Gasteiger partial charge in [-0.3, -0.25) is 9.10 Å². The first kappa shape index (κ1) is 25.1. The minimum absolute atomic E-state index is 0.235. The van der Waals surface area contributed by atoms with Crippen molar-refractivity contribution in [2.24, 2.45) is 11.8 Å². The molecule has 3 aliphatic heterocycles. The van der Waals surface area contributed by atoms with Crippen LogP contribution in [0.5, 0.6) is 0 Å². The Morgan fingerprint density at radius 1 is 1.08 bits per heavy atom. The Balaban J connectivity index is 1.27. The van der Waals surface area contributed by atoms with Crippen LogP contribution in [0.1, 0.15) is 38.8 Å². The molecule has 1 aliphatic carbocycles. The van der Waals surface area contributed by atoms with Gasteiger partial charge in [0.1, 0.15) is 11.4 Å². The van der Waals surface area contributed by atoms with Crippen LogP contribution in [0, 0.1) is 11.8 Å². The second-order valence-corrected chi connectivity index (χ2v) is 13.9. The van der Waals surface area contributed by atoms with Crippen molar-refractivity contribution in [2.75, 3.05) is 40.5 Å². The molecule has 2 saturated heterocycles. The van der Waals surface area contributed by atoms with Crippen molar-refractivity contribution in [3.05, 3.63) is 47.7 Å². The van der Waals surface area contributed by atoms with E-state index in [0.717, 1.165) is 35.1 Å².